The summed E-state index contributed by atoms with van der Waals surface area (Å²) in [5.41, 5.74) is 3.80. The number of amides is 1. The number of carbonyl (C=O) groups excluding carboxylic acids is 2. The first-order chi connectivity index (χ1) is 14.6. The van der Waals surface area contributed by atoms with Crippen LogP contribution in [0.2, 0.25) is 0 Å². The van der Waals surface area contributed by atoms with E-state index in [0.29, 0.717) is 13.1 Å². The number of anilines is 1. The van der Waals surface area contributed by atoms with E-state index >= 15 is 0 Å². The van der Waals surface area contributed by atoms with E-state index in [4.69, 9.17) is 0 Å². The van der Waals surface area contributed by atoms with Crippen molar-refractivity contribution in [1.82, 2.24) is 4.90 Å². The van der Waals surface area contributed by atoms with E-state index in [0.717, 1.165) is 35.5 Å². The van der Waals surface area contributed by atoms with Crippen LogP contribution in [0.15, 0.2) is 84.9 Å². The van der Waals surface area contributed by atoms with Crippen molar-refractivity contribution in [2.75, 3.05) is 31.1 Å². The van der Waals surface area contributed by atoms with E-state index in [-0.39, 0.29) is 17.6 Å². The monoisotopic (exact) mass is 398 g/mol. The van der Waals surface area contributed by atoms with Crippen molar-refractivity contribution in [3.63, 3.8) is 0 Å². The molecule has 152 valence electrons. The Morgan fingerprint density at radius 1 is 0.733 bits per heavy atom. The highest BCUT2D eigenvalue weighted by Crippen LogP contribution is 2.28. The lowest BCUT2D eigenvalue weighted by atomic mass is 9.90. The molecule has 0 unspecified atom stereocenters. The SMILES string of the molecule is CC(=O)c1cccc(N2CCN(C(=O)C(c3ccccc3)c3ccccc3)CC2)c1. The molecule has 0 aliphatic carbocycles. The first kappa shape index (κ1) is 19.9. The molecule has 0 aromatic heterocycles. The molecule has 0 saturated carbocycles. The van der Waals surface area contributed by atoms with Gasteiger partial charge in [0.15, 0.2) is 5.78 Å². The van der Waals surface area contributed by atoms with Crippen LogP contribution in [-0.4, -0.2) is 42.8 Å². The molecule has 0 spiro atoms. The Balaban J connectivity index is 1.51. The molecular weight excluding hydrogens is 372 g/mol. The van der Waals surface area contributed by atoms with Crippen LogP contribution < -0.4 is 4.90 Å². The van der Waals surface area contributed by atoms with Crippen LogP contribution in [0.3, 0.4) is 0 Å². The minimum absolute atomic E-state index is 0.0687. The van der Waals surface area contributed by atoms with Crippen LogP contribution in [0.5, 0.6) is 0 Å². The maximum Gasteiger partial charge on any atom is 0.234 e. The number of ketones is 1. The van der Waals surface area contributed by atoms with Crippen LogP contribution >= 0.6 is 0 Å². The molecule has 0 bridgehead atoms. The van der Waals surface area contributed by atoms with Gasteiger partial charge in [-0.25, -0.2) is 0 Å². The first-order valence-corrected chi connectivity index (χ1v) is 10.4. The highest BCUT2D eigenvalue weighted by atomic mass is 16.2. The summed E-state index contributed by atoms with van der Waals surface area (Å²) in [5.74, 6) is -0.0799. The molecular formula is C26H26N2O2. The molecule has 3 aromatic rings. The van der Waals surface area contributed by atoms with Crippen LogP contribution in [0.4, 0.5) is 5.69 Å². The maximum absolute atomic E-state index is 13.5. The third-order valence-corrected chi connectivity index (χ3v) is 5.72. The van der Waals surface area contributed by atoms with Gasteiger partial charge in [-0.15, -0.1) is 0 Å². The van der Waals surface area contributed by atoms with E-state index in [9.17, 15) is 9.59 Å². The van der Waals surface area contributed by atoms with Crippen molar-refractivity contribution in [3.8, 4) is 0 Å². The molecule has 0 N–H and O–H groups in total. The molecule has 1 fully saturated rings. The molecule has 4 nitrogen and oxygen atoms in total. The number of benzene rings is 3. The predicted octanol–water partition coefficient (Wildman–Crippen LogP) is 4.37. The molecule has 1 aliphatic rings. The Hall–Kier alpha value is -3.40. The molecule has 4 rings (SSSR count). The zero-order chi connectivity index (χ0) is 20.9. The van der Waals surface area contributed by atoms with Crippen molar-refractivity contribution in [2.45, 2.75) is 12.8 Å². The third kappa shape index (κ3) is 4.28. The molecule has 3 aromatic carbocycles. The first-order valence-electron chi connectivity index (χ1n) is 10.4. The van der Waals surface area contributed by atoms with E-state index in [1.165, 1.54) is 0 Å². The Labute approximate surface area is 177 Å². The van der Waals surface area contributed by atoms with Gasteiger partial charge in [-0.05, 0) is 30.2 Å². The zero-order valence-corrected chi connectivity index (χ0v) is 17.2. The van der Waals surface area contributed by atoms with Gasteiger partial charge >= 0.3 is 0 Å². The highest BCUT2D eigenvalue weighted by Gasteiger charge is 2.29. The predicted molar refractivity (Wildman–Crippen MR) is 120 cm³/mol. The molecule has 30 heavy (non-hydrogen) atoms. The molecule has 1 saturated heterocycles. The summed E-state index contributed by atoms with van der Waals surface area (Å²) in [6.45, 7) is 4.43. The summed E-state index contributed by atoms with van der Waals surface area (Å²) in [7, 11) is 0. The van der Waals surface area contributed by atoms with Crippen LogP contribution in [0.1, 0.15) is 34.3 Å². The summed E-state index contributed by atoms with van der Waals surface area (Å²) in [4.78, 5) is 29.5. The van der Waals surface area contributed by atoms with Crippen molar-refractivity contribution >= 4 is 17.4 Å². The van der Waals surface area contributed by atoms with Crippen LogP contribution in [0, 0.1) is 0 Å². The van der Waals surface area contributed by atoms with Gasteiger partial charge in [0.2, 0.25) is 5.91 Å². The second-order valence-electron chi connectivity index (χ2n) is 7.67. The minimum Gasteiger partial charge on any atom is -0.368 e. The van der Waals surface area contributed by atoms with Gasteiger partial charge in [0.1, 0.15) is 0 Å². The molecule has 1 heterocycles. The van der Waals surface area contributed by atoms with Gasteiger partial charge in [-0.1, -0.05) is 72.8 Å². The Kier molecular flexibility index (Phi) is 5.94. The highest BCUT2D eigenvalue weighted by molar-refractivity contribution is 5.95. The Morgan fingerprint density at radius 3 is 1.83 bits per heavy atom. The number of nitrogens with zero attached hydrogens (tertiary/aromatic N) is 2. The molecule has 4 heteroatoms. The number of Topliss-reactive ketones (excluding diaryl/α,β-unsaturated/α-hetero) is 1. The van der Waals surface area contributed by atoms with Crippen molar-refractivity contribution < 1.29 is 9.59 Å². The van der Waals surface area contributed by atoms with Gasteiger partial charge in [0.25, 0.3) is 0 Å². The second-order valence-corrected chi connectivity index (χ2v) is 7.67. The van der Waals surface area contributed by atoms with Gasteiger partial charge in [-0.3, -0.25) is 9.59 Å². The fourth-order valence-electron chi connectivity index (χ4n) is 4.06. The quantitative estimate of drug-likeness (QED) is 0.599. The lowest BCUT2D eigenvalue weighted by molar-refractivity contribution is -0.132. The van der Waals surface area contributed by atoms with E-state index < -0.39 is 0 Å². The maximum atomic E-state index is 13.5. The number of hydrogen-bond donors (Lipinski definition) is 0. The summed E-state index contributed by atoms with van der Waals surface area (Å²) in [6.07, 6.45) is 0. The van der Waals surface area contributed by atoms with Crippen molar-refractivity contribution in [2.24, 2.45) is 0 Å². The van der Waals surface area contributed by atoms with Gasteiger partial charge < -0.3 is 9.80 Å². The number of piperazine rings is 1. The van der Waals surface area contributed by atoms with Crippen molar-refractivity contribution in [1.29, 1.82) is 0 Å². The Morgan fingerprint density at radius 2 is 1.30 bits per heavy atom. The minimum atomic E-state index is -0.292. The fourth-order valence-corrected chi connectivity index (χ4v) is 4.06. The summed E-state index contributed by atoms with van der Waals surface area (Å²) < 4.78 is 0. The standard InChI is InChI=1S/C26H26N2O2/c1-20(29)23-13-8-14-24(19-23)27-15-17-28(18-16-27)26(30)25(21-9-4-2-5-10-21)22-11-6-3-7-12-22/h2-14,19,25H,15-18H2,1H3. The lowest BCUT2D eigenvalue weighted by Crippen LogP contribution is -2.50. The van der Waals surface area contributed by atoms with Crippen LogP contribution in [0.25, 0.3) is 0 Å². The normalized spacial score (nSPS) is 14.1. The Bertz CT molecular complexity index is 970. The number of carbonyl (C=O) groups is 2. The molecule has 1 amide bonds. The van der Waals surface area contributed by atoms with Gasteiger partial charge in [0.05, 0.1) is 5.92 Å². The van der Waals surface area contributed by atoms with Crippen LogP contribution in [-0.2, 0) is 4.79 Å². The number of rotatable bonds is 5. The third-order valence-electron chi connectivity index (χ3n) is 5.72. The van der Waals surface area contributed by atoms with E-state index in [2.05, 4.69) is 4.90 Å². The van der Waals surface area contributed by atoms with E-state index in [1.54, 1.807) is 6.92 Å². The zero-order valence-electron chi connectivity index (χ0n) is 17.2. The van der Waals surface area contributed by atoms with E-state index in [1.807, 2.05) is 89.8 Å². The molecule has 0 radical (unpaired) electrons. The topological polar surface area (TPSA) is 40.6 Å². The smallest absolute Gasteiger partial charge is 0.234 e. The molecule has 0 atom stereocenters. The average molecular weight is 399 g/mol. The largest absolute Gasteiger partial charge is 0.368 e. The summed E-state index contributed by atoms with van der Waals surface area (Å²) >= 11 is 0. The number of hydrogen-bond acceptors (Lipinski definition) is 3. The summed E-state index contributed by atoms with van der Waals surface area (Å²) in [5, 5.41) is 0. The average Bonchev–Trinajstić information content (AvgIpc) is 2.81. The summed E-state index contributed by atoms with van der Waals surface area (Å²) in [6, 6.07) is 27.7. The lowest BCUT2D eigenvalue weighted by Gasteiger charge is -2.38. The fraction of sp³-hybridized carbons (Fsp3) is 0.231. The second kappa shape index (κ2) is 8.95. The molecule has 1 aliphatic heterocycles. The van der Waals surface area contributed by atoms with Gasteiger partial charge in [0, 0.05) is 37.4 Å². The van der Waals surface area contributed by atoms with Crippen molar-refractivity contribution in [3.05, 3.63) is 102 Å². The van der Waals surface area contributed by atoms with Gasteiger partial charge in [-0.2, -0.15) is 0 Å².